The second-order valence-corrected chi connectivity index (χ2v) is 6.10. The predicted octanol–water partition coefficient (Wildman–Crippen LogP) is 2.00. The number of aryl methyl sites for hydroxylation is 1. The van der Waals surface area contributed by atoms with Crippen molar-refractivity contribution in [2.24, 2.45) is 0 Å². The Morgan fingerprint density at radius 1 is 1.27 bits per heavy atom. The van der Waals surface area contributed by atoms with Gasteiger partial charge in [-0.1, -0.05) is 6.92 Å². The van der Waals surface area contributed by atoms with Gasteiger partial charge in [0.05, 0.1) is 12.0 Å². The highest BCUT2D eigenvalue weighted by Gasteiger charge is 2.08. The number of rotatable bonds is 7. The molecule has 0 amide bonds. The third-order valence-electron chi connectivity index (χ3n) is 4.05. The topological polar surface area (TPSA) is 97.2 Å². The van der Waals surface area contributed by atoms with Crippen LogP contribution in [0.4, 0.5) is 0 Å². The van der Waals surface area contributed by atoms with Crippen molar-refractivity contribution in [3.8, 4) is 5.75 Å². The summed E-state index contributed by atoms with van der Waals surface area (Å²) in [4.78, 5) is 29.4. The van der Waals surface area contributed by atoms with Crippen molar-refractivity contribution in [1.82, 2.24) is 15.3 Å². The summed E-state index contributed by atoms with van der Waals surface area (Å²) in [7, 11) is 0. The number of nitrogens with one attached hydrogen (secondary N) is 2. The Labute approximate surface area is 150 Å². The number of hydrogen-bond acceptors (Lipinski definition) is 6. The molecule has 7 heteroatoms. The Kier molecular flexibility index (Phi) is 5.48. The van der Waals surface area contributed by atoms with E-state index in [0.717, 1.165) is 17.4 Å². The van der Waals surface area contributed by atoms with E-state index in [9.17, 15) is 9.59 Å². The molecule has 0 aliphatic rings. The fraction of sp³-hybridized carbons (Fsp3) is 0.316. The van der Waals surface area contributed by atoms with Crippen LogP contribution in [-0.4, -0.2) is 22.6 Å². The van der Waals surface area contributed by atoms with Crippen molar-refractivity contribution in [2.75, 3.05) is 6.61 Å². The van der Waals surface area contributed by atoms with Gasteiger partial charge < -0.3 is 19.5 Å². The van der Waals surface area contributed by atoms with E-state index < -0.39 is 0 Å². The smallest absolute Gasteiger partial charge is 0.336 e. The minimum atomic E-state index is -0.355. The van der Waals surface area contributed by atoms with Crippen molar-refractivity contribution >= 4 is 11.0 Å². The maximum absolute atomic E-state index is 11.6. The molecule has 136 valence electrons. The number of H-pyrrole nitrogens is 1. The van der Waals surface area contributed by atoms with Crippen LogP contribution in [0.2, 0.25) is 0 Å². The lowest BCUT2D eigenvalue weighted by Gasteiger charge is -2.15. The zero-order valence-corrected chi connectivity index (χ0v) is 14.7. The van der Waals surface area contributed by atoms with Gasteiger partial charge in [-0.25, -0.2) is 9.78 Å². The normalized spacial score (nSPS) is 12.2. The van der Waals surface area contributed by atoms with E-state index in [-0.39, 0.29) is 17.2 Å². The minimum absolute atomic E-state index is 0.0424. The molecule has 3 aromatic rings. The highest BCUT2D eigenvalue weighted by Crippen LogP contribution is 2.23. The van der Waals surface area contributed by atoms with Crippen LogP contribution in [-0.2, 0) is 13.0 Å². The molecule has 26 heavy (non-hydrogen) atoms. The van der Waals surface area contributed by atoms with Gasteiger partial charge in [0, 0.05) is 36.2 Å². The number of nitrogens with zero attached hydrogens (tertiary/aromatic N) is 1. The highest BCUT2D eigenvalue weighted by molar-refractivity contribution is 5.81. The molecule has 2 heterocycles. The highest BCUT2D eigenvalue weighted by atomic mass is 16.5. The molecule has 3 rings (SSSR count). The monoisotopic (exact) mass is 355 g/mol. The van der Waals surface area contributed by atoms with E-state index in [1.165, 1.54) is 18.5 Å². The second-order valence-electron chi connectivity index (χ2n) is 6.10. The molecule has 0 saturated heterocycles. The molecule has 1 aromatic carbocycles. The second kappa shape index (κ2) is 7.97. The quantitative estimate of drug-likeness (QED) is 0.629. The first-order valence-electron chi connectivity index (χ1n) is 8.51. The molecular weight excluding hydrogens is 334 g/mol. The number of aromatic nitrogens is 2. The van der Waals surface area contributed by atoms with Gasteiger partial charge in [-0.2, -0.15) is 0 Å². The number of ether oxygens (including phenoxy) is 1. The van der Waals surface area contributed by atoms with E-state index in [4.69, 9.17) is 9.15 Å². The van der Waals surface area contributed by atoms with Crippen molar-refractivity contribution in [1.29, 1.82) is 0 Å². The zero-order valence-electron chi connectivity index (χ0n) is 14.7. The third kappa shape index (κ3) is 4.37. The molecule has 0 spiro atoms. The summed E-state index contributed by atoms with van der Waals surface area (Å²) in [6.07, 6.45) is 2.15. The summed E-state index contributed by atoms with van der Waals surface area (Å²) >= 11 is 0. The maximum Gasteiger partial charge on any atom is 0.336 e. The molecule has 7 nitrogen and oxygen atoms in total. The predicted molar refractivity (Wildman–Crippen MR) is 98.5 cm³/mol. The average molecular weight is 355 g/mol. The summed E-state index contributed by atoms with van der Waals surface area (Å²) in [6, 6.07) is 8.54. The van der Waals surface area contributed by atoms with Crippen LogP contribution < -0.4 is 21.2 Å². The Morgan fingerprint density at radius 2 is 2.12 bits per heavy atom. The molecule has 0 saturated carbocycles. The molecule has 0 radical (unpaired) electrons. The summed E-state index contributed by atoms with van der Waals surface area (Å²) in [5, 5.41) is 4.17. The standard InChI is InChI=1S/C19H21N3O4/c1-3-13-6-19(24)26-17-8-15(4-5-16(13)17)25-10-12(2)20-9-14-7-18(23)22-11-21-14/h4-8,11-12,20H,3,9-10H2,1-2H3,(H,21,22,23). The van der Waals surface area contributed by atoms with Gasteiger partial charge in [0.25, 0.3) is 5.56 Å². The SMILES string of the molecule is CCc1cc(=O)oc2cc(OCC(C)NCc3cc(=O)[nH]cn3)ccc12. The third-order valence-corrected chi connectivity index (χ3v) is 4.05. The average Bonchev–Trinajstić information content (AvgIpc) is 2.63. The first-order chi connectivity index (χ1) is 12.5. The van der Waals surface area contributed by atoms with Gasteiger partial charge >= 0.3 is 5.63 Å². The van der Waals surface area contributed by atoms with Crippen LogP contribution in [0.15, 0.2) is 50.7 Å². The van der Waals surface area contributed by atoms with E-state index in [1.807, 2.05) is 26.0 Å². The van der Waals surface area contributed by atoms with Crippen LogP contribution in [0.25, 0.3) is 11.0 Å². The van der Waals surface area contributed by atoms with Gasteiger partial charge in [-0.15, -0.1) is 0 Å². The largest absolute Gasteiger partial charge is 0.492 e. The Balaban J connectivity index is 1.62. The lowest BCUT2D eigenvalue weighted by molar-refractivity contribution is 0.272. The van der Waals surface area contributed by atoms with E-state index >= 15 is 0 Å². The first kappa shape index (κ1) is 17.9. The Hall–Kier alpha value is -2.93. The van der Waals surface area contributed by atoms with Crippen LogP contribution >= 0.6 is 0 Å². The molecule has 2 aromatic heterocycles. The molecule has 0 aliphatic carbocycles. The van der Waals surface area contributed by atoms with Crippen molar-refractivity contribution < 1.29 is 9.15 Å². The Bertz CT molecular complexity index is 1010. The number of hydrogen-bond donors (Lipinski definition) is 2. The molecule has 0 fully saturated rings. The Morgan fingerprint density at radius 3 is 2.88 bits per heavy atom. The molecular formula is C19H21N3O4. The molecule has 0 bridgehead atoms. The summed E-state index contributed by atoms with van der Waals surface area (Å²) in [5.74, 6) is 0.636. The minimum Gasteiger partial charge on any atom is -0.492 e. The van der Waals surface area contributed by atoms with Gasteiger partial charge in [0.1, 0.15) is 17.9 Å². The number of fused-ring (bicyclic) bond motifs is 1. The van der Waals surface area contributed by atoms with Crippen LogP contribution in [0, 0.1) is 0 Å². The summed E-state index contributed by atoms with van der Waals surface area (Å²) in [5.41, 5.74) is 1.63. The molecule has 2 N–H and O–H groups in total. The van der Waals surface area contributed by atoms with Gasteiger partial charge in [-0.05, 0) is 31.0 Å². The van der Waals surface area contributed by atoms with Crippen molar-refractivity contribution in [2.45, 2.75) is 32.9 Å². The van der Waals surface area contributed by atoms with Crippen LogP contribution in [0.3, 0.4) is 0 Å². The van der Waals surface area contributed by atoms with Crippen LogP contribution in [0.1, 0.15) is 25.1 Å². The fourth-order valence-electron chi connectivity index (χ4n) is 2.66. The van der Waals surface area contributed by atoms with Gasteiger partial charge in [-0.3, -0.25) is 4.79 Å². The van der Waals surface area contributed by atoms with E-state index in [0.29, 0.717) is 30.2 Å². The van der Waals surface area contributed by atoms with Crippen molar-refractivity contribution in [3.63, 3.8) is 0 Å². The van der Waals surface area contributed by atoms with Crippen LogP contribution in [0.5, 0.6) is 5.75 Å². The van der Waals surface area contributed by atoms with Crippen molar-refractivity contribution in [3.05, 3.63) is 68.7 Å². The zero-order chi connectivity index (χ0) is 18.5. The van der Waals surface area contributed by atoms with Gasteiger partial charge in [0.15, 0.2) is 0 Å². The lowest BCUT2D eigenvalue weighted by Crippen LogP contribution is -2.32. The van der Waals surface area contributed by atoms with E-state index in [2.05, 4.69) is 15.3 Å². The maximum atomic E-state index is 11.6. The number of benzene rings is 1. The first-order valence-corrected chi connectivity index (χ1v) is 8.51. The summed E-state index contributed by atoms with van der Waals surface area (Å²) < 4.78 is 11.1. The summed E-state index contributed by atoms with van der Waals surface area (Å²) in [6.45, 7) is 4.87. The molecule has 0 aliphatic heterocycles. The van der Waals surface area contributed by atoms with Gasteiger partial charge in [0.2, 0.25) is 0 Å². The fourth-order valence-corrected chi connectivity index (χ4v) is 2.66. The molecule has 1 unspecified atom stereocenters. The number of aromatic amines is 1. The van der Waals surface area contributed by atoms with E-state index in [1.54, 1.807) is 6.07 Å². The molecule has 1 atom stereocenters. The lowest BCUT2D eigenvalue weighted by atomic mass is 10.1.